The Balaban J connectivity index is 2.63. The smallest absolute Gasteiger partial charge is 0.135 e. The monoisotopic (exact) mass is 179 g/mol. The minimum absolute atomic E-state index is 0.446. The molecule has 0 aromatic carbocycles. The normalized spacial score (nSPS) is 49.2. The van der Waals surface area contributed by atoms with Crippen molar-refractivity contribution in [3.05, 3.63) is 0 Å². The lowest BCUT2D eigenvalue weighted by molar-refractivity contribution is -0.227. The van der Waals surface area contributed by atoms with Gasteiger partial charge in [-0.15, -0.1) is 0 Å². The summed E-state index contributed by atoms with van der Waals surface area (Å²) in [6, 6.07) is 0. The fourth-order valence-electron chi connectivity index (χ4n) is 1.13. The molecule has 0 radical (unpaired) electrons. The Labute approximate surface area is 69.2 Å². The van der Waals surface area contributed by atoms with E-state index in [0.717, 1.165) is 0 Å². The van der Waals surface area contributed by atoms with Crippen LogP contribution in [0.4, 0.5) is 0 Å². The second kappa shape index (κ2) is 3.65. The summed E-state index contributed by atoms with van der Waals surface area (Å²) in [5, 5.41) is 36.1. The average Bonchev–Trinajstić information content (AvgIpc) is 2.08. The van der Waals surface area contributed by atoms with Gasteiger partial charge in [0.15, 0.2) is 0 Å². The lowest BCUT2D eigenvalue weighted by Crippen LogP contribution is -2.61. The maximum absolute atomic E-state index is 9.18. The van der Waals surface area contributed by atoms with Crippen LogP contribution in [0.3, 0.4) is 0 Å². The van der Waals surface area contributed by atoms with Crippen LogP contribution in [0.2, 0.25) is 0 Å². The highest BCUT2D eigenvalue weighted by atomic mass is 16.6. The largest absolute Gasteiger partial charge is 0.394 e. The summed E-state index contributed by atoms with van der Waals surface area (Å²) in [5.74, 6) is 0. The fraction of sp³-hybridized carbons (Fsp3) is 1.00. The van der Waals surface area contributed by atoms with Gasteiger partial charge in [-0.25, -0.2) is 0 Å². The number of hydrogen-bond acceptors (Lipinski definition) is 6. The average molecular weight is 179 g/mol. The van der Waals surface area contributed by atoms with Crippen LogP contribution in [0.5, 0.6) is 0 Å². The molecule has 1 aliphatic heterocycles. The van der Waals surface area contributed by atoms with Gasteiger partial charge in [0.25, 0.3) is 0 Å². The molecule has 0 aromatic heterocycles. The molecule has 0 aliphatic carbocycles. The van der Waals surface area contributed by atoms with Gasteiger partial charge in [-0.2, -0.15) is 0 Å². The van der Waals surface area contributed by atoms with Crippen molar-refractivity contribution in [1.82, 2.24) is 0 Å². The molecule has 0 spiro atoms. The molecule has 0 amide bonds. The van der Waals surface area contributed by atoms with Crippen LogP contribution in [0.1, 0.15) is 0 Å². The zero-order valence-corrected chi connectivity index (χ0v) is 6.37. The summed E-state index contributed by atoms with van der Waals surface area (Å²) in [5.41, 5.74) is 5.24. The molecule has 0 aromatic rings. The second-order valence-corrected chi connectivity index (χ2v) is 2.79. The first-order valence-corrected chi connectivity index (χ1v) is 3.64. The van der Waals surface area contributed by atoms with Gasteiger partial charge in [-0.1, -0.05) is 0 Å². The van der Waals surface area contributed by atoms with Gasteiger partial charge >= 0.3 is 0 Å². The number of hydrogen-bond donors (Lipinski definition) is 5. The Bertz CT molecular complexity index is 150. The van der Waals surface area contributed by atoms with Gasteiger partial charge in [0.2, 0.25) is 0 Å². The summed E-state index contributed by atoms with van der Waals surface area (Å²) < 4.78 is 4.80. The summed E-state index contributed by atoms with van der Waals surface area (Å²) in [4.78, 5) is 0. The summed E-state index contributed by atoms with van der Waals surface area (Å²) in [6.45, 7) is -0.446. The van der Waals surface area contributed by atoms with Gasteiger partial charge in [-0.3, -0.25) is 0 Å². The molecule has 72 valence electrons. The maximum Gasteiger partial charge on any atom is 0.135 e. The van der Waals surface area contributed by atoms with Crippen molar-refractivity contribution in [2.45, 2.75) is 30.6 Å². The molecule has 5 atom stereocenters. The number of ether oxygens (including phenoxy) is 1. The third-order valence-electron chi connectivity index (χ3n) is 1.93. The highest BCUT2D eigenvalue weighted by Crippen LogP contribution is 2.17. The van der Waals surface area contributed by atoms with Crippen molar-refractivity contribution in [2.75, 3.05) is 6.61 Å². The van der Waals surface area contributed by atoms with Gasteiger partial charge in [0, 0.05) is 0 Å². The van der Waals surface area contributed by atoms with Crippen molar-refractivity contribution in [3.8, 4) is 0 Å². The lowest BCUT2D eigenvalue weighted by Gasteiger charge is -2.38. The van der Waals surface area contributed by atoms with E-state index in [0.29, 0.717) is 0 Å². The molecule has 0 bridgehead atoms. The minimum atomic E-state index is -1.37. The Morgan fingerprint density at radius 1 is 1.08 bits per heavy atom. The van der Waals surface area contributed by atoms with Crippen molar-refractivity contribution in [1.29, 1.82) is 0 Å². The minimum Gasteiger partial charge on any atom is -0.394 e. The van der Waals surface area contributed by atoms with E-state index >= 15 is 0 Å². The Hall–Kier alpha value is -0.240. The molecular weight excluding hydrogens is 166 g/mol. The van der Waals surface area contributed by atoms with Gasteiger partial charge in [-0.05, 0) is 0 Å². The third kappa shape index (κ3) is 1.58. The maximum atomic E-state index is 9.18. The first-order chi connectivity index (χ1) is 5.57. The van der Waals surface area contributed by atoms with E-state index in [2.05, 4.69) is 0 Å². The first kappa shape index (κ1) is 9.85. The molecule has 12 heavy (non-hydrogen) atoms. The molecule has 0 unspecified atom stereocenters. The van der Waals surface area contributed by atoms with Gasteiger partial charge < -0.3 is 30.9 Å². The molecule has 0 saturated carbocycles. The Kier molecular flexibility index (Phi) is 2.99. The molecular formula is C6H13NO5. The highest BCUT2D eigenvalue weighted by Gasteiger charge is 2.41. The number of aliphatic hydroxyl groups is 4. The fourth-order valence-corrected chi connectivity index (χ4v) is 1.13. The van der Waals surface area contributed by atoms with Crippen LogP contribution in [0.15, 0.2) is 0 Å². The standard InChI is InChI=1S/C6H13NO5/c7-6-5(11)4(10)3(9)2(1-8)12-6/h2-6,8-11H,1,7H2/t2-,3-,4+,5+,6+/m0/s1. The predicted octanol–water partition coefficient (Wildman–Crippen LogP) is -3.25. The predicted molar refractivity (Wildman–Crippen MR) is 38.0 cm³/mol. The highest BCUT2D eigenvalue weighted by molar-refractivity contribution is 4.89. The van der Waals surface area contributed by atoms with Gasteiger partial charge in [0.1, 0.15) is 30.6 Å². The van der Waals surface area contributed by atoms with Crippen LogP contribution < -0.4 is 5.73 Å². The summed E-state index contributed by atoms with van der Waals surface area (Å²) in [6.07, 6.45) is -5.99. The van der Waals surface area contributed by atoms with E-state index in [1.54, 1.807) is 0 Å². The van der Waals surface area contributed by atoms with E-state index in [9.17, 15) is 5.11 Å². The van der Waals surface area contributed by atoms with E-state index in [1.165, 1.54) is 0 Å². The lowest BCUT2D eigenvalue weighted by atomic mass is 9.99. The van der Waals surface area contributed by atoms with Crippen molar-refractivity contribution in [3.63, 3.8) is 0 Å². The second-order valence-electron chi connectivity index (χ2n) is 2.79. The van der Waals surface area contributed by atoms with Crippen LogP contribution in [0, 0.1) is 0 Å². The Morgan fingerprint density at radius 3 is 2.17 bits per heavy atom. The Morgan fingerprint density at radius 2 is 1.67 bits per heavy atom. The topological polar surface area (TPSA) is 116 Å². The summed E-state index contributed by atoms with van der Waals surface area (Å²) >= 11 is 0. The molecule has 1 rings (SSSR count). The van der Waals surface area contributed by atoms with Crippen molar-refractivity contribution < 1.29 is 25.2 Å². The van der Waals surface area contributed by atoms with Crippen LogP contribution in [0.25, 0.3) is 0 Å². The summed E-state index contributed by atoms with van der Waals surface area (Å²) in [7, 11) is 0. The van der Waals surface area contributed by atoms with Crippen LogP contribution in [-0.4, -0.2) is 57.7 Å². The van der Waals surface area contributed by atoms with E-state index < -0.39 is 37.3 Å². The number of nitrogens with two attached hydrogens (primary N) is 1. The van der Waals surface area contributed by atoms with E-state index in [1.807, 2.05) is 0 Å². The molecule has 6 nitrogen and oxygen atoms in total. The van der Waals surface area contributed by atoms with E-state index in [-0.39, 0.29) is 0 Å². The van der Waals surface area contributed by atoms with Gasteiger partial charge in [0.05, 0.1) is 6.61 Å². The molecule has 1 heterocycles. The molecule has 6 N–H and O–H groups in total. The van der Waals surface area contributed by atoms with Crippen molar-refractivity contribution in [2.24, 2.45) is 5.73 Å². The molecule has 1 saturated heterocycles. The zero-order valence-electron chi connectivity index (χ0n) is 6.37. The third-order valence-corrected chi connectivity index (χ3v) is 1.93. The van der Waals surface area contributed by atoms with Crippen LogP contribution in [-0.2, 0) is 4.74 Å². The first-order valence-electron chi connectivity index (χ1n) is 3.64. The van der Waals surface area contributed by atoms with Crippen molar-refractivity contribution >= 4 is 0 Å². The molecule has 6 heteroatoms. The number of aliphatic hydroxyl groups excluding tert-OH is 4. The number of rotatable bonds is 1. The zero-order chi connectivity index (χ0) is 9.30. The van der Waals surface area contributed by atoms with Crippen LogP contribution >= 0.6 is 0 Å². The SMILES string of the molecule is N[C@@H]1O[C@@H](CO)[C@H](O)[C@@H](O)[C@H]1O. The molecule has 1 fully saturated rings. The molecule has 1 aliphatic rings. The van der Waals surface area contributed by atoms with E-state index in [4.69, 9.17) is 25.8 Å². The quantitative estimate of drug-likeness (QED) is 0.288.